The summed E-state index contributed by atoms with van der Waals surface area (Å²) in [5, 5.41) is 2.94. The van der Waals surface area contributed by atoms with Crippen molar-refractivity contribution in [1.82, 2.24) is 19.7 Å². The Labute approximate surface area is 144 Å². The number of amides is 2. The molecule has 0 saturated carbocycles. The summed E-state index contributed by atoms with van der Waals surface area (Å²) in [7, 11) is 0. The number of aromatic nitrogens is 3. The fourth-order valence-corrected chi connectivity index (χ4v) is 2.67. The maximum Gasteiger partial charge on any atom is 0.271 e. The van der Waals surface area contributed by atoms with Gasteiger partial charge in [-0.15, -0.1) is 0 Å². The van der Waals surface area contributed by atoms with Crippen LogP contribution in [0.15, 0.2) is 35.2 Å². The Balaban J connectivity index is 2.12. The molecule has 0 aromatic carbocycles. The average Bonchev–Trinajstić information content (AvgIpc) is 3.23. The number of carbonyl (C=O) groups excluding carboxylic acids is 2. The molecule has 0 bridgehead atoms. The number of furan rings is 1. The van der Waals surface area contributed by atoms with Crippen molar-refractivity contribution < 1.29 is 14.0 Å². The summed E-state index contributed by atoms with van der Waals surface area (Å²) < 4.78 is 6.82. The molecular formula is C17H19N5O3. The number of primary amides is 1. The first-order valence-electron chi connectivity index (χ1n) is 8.04. The number of nitrogens with two attached hydrogens (primary N) is 1. The highest BCUT2D eigenvalue weighted by molar-refractivity contribution is 5.99. The molecule has 3 N–H and O–H groups in total. The Morgan fingerprint density at radius 1 is 1.44 bits per heavy atom. The summed E-state index contributed by atoms with van der Waals surface area (Å²) in [6, 6.07) is 5.06. The van der Waals surface area contributed by atoms with Gasteiger partial charge in [-0.05, 0) is 31.5 Å². The Hall–Kier alpha value is -3.16. The number of rotatable bonds is 6. The van der Waals surface area contributed by atoms with Crippen LogP contribution >= 0.6 is 0 Å². The lowest BCUT2D eigenvalue weighted by molar-refractivity contribution is 0.0930. The van der Waals surface area contributed by atoms with E-state index in [0.29, 0.717) is 17.1 Å². The van der Waals surface area contributed by atoms with E-state index < -0.39 is 5.91 Å². The monoisotopic (exact) mass is 341 g/mol. The van der Waals surface area contributed by atoms with Gasteiger partial charge in [0.2, 0.25) is 0 Å². The molecule has 25 heavy (non-hydrogen) atoms. The quantitative estimate of drug-likeness (QED) is 0.711. The maximum absolute atomic E-state index is 12.7. The zero-order valence-electron chi connectivity index (χ0n) is 14.0. The second-order valence-corrected chi connectivity index (χ2v) is 5.82. The van der Waals surface area contributed by atoms with Gasteiger partial charge in [0.1, 0.15) is 17.7 Å². The molecule has 3 heterocycles. The van der Waals surface area contributed by atoms with Crippen LogP contribution in [0.25, 0.3) is 17.1 Å². The van der Waals surface area contributed by atoms with E-state index in [1.165, 1.54) is 17.0 Å². The molecule has 0 aliphatic heterocycles. The van der Waals surface area contributed by atoms with E-state index >= 15 is 0 Å². The standard InChI is InChI=1S/C17H19N5O3/c1-3-5-10(2)20-17(24)12-8-11(13-6-4-7-25-13)21-16-14(15(18)23)19-9-22(12)16/h4,6-10H,3,5H2,1-2H3,(H2,18,23)(H,20,24)/t10-/m0/s1. The molecule has 0 fully saturated rings. The normalized spacial score (nSPS) is 12.2. The fourth-order valence-electron chi connectivity index (χ4n) is 2.67. The van der Waals surface area contributed by atoms with Gasteiger partial charge in [-0.25, -0.2) is 9.97 Å². The topological polar surface area (TPSA) is 116 Å². The predicted octanol–water partition coefficient (Wildman–Crippen LogP) is 2.01. The molecule has 3 aromatic heterocycles. The number of imidazole rings is 1. The van der Waals surface area contributed by atoms with Gasteiger partial charge in [-0.3, -0.25) is 14.0 Å². The van der Waals surface area contributed by atoms with Crippen molar-refractivity contribution in [2.45, 2.75) is 32.7 Å². The minimum Gasteiger partial charge on any atom is -0.463 e. The van der Waals surface area contributed by atoms with Gasteiger partial charge in [0.15, 0.2) is 17.1 Å². The minimum atomic E-state index is -0.711. The van der Waals surface area contributed by atoms with Gasteiger partial charge in [0.05, 0.1) is 6.26 Å². The van der Waals surface area contributed by atoms with Gasteiger partial charge < -0.3 is 15.5 Å². The predicted molar refractivity (Wildman–Crippen MR) is 91.0 cm³/mol. The highest BCUT2D eigenvalue weighted by atomic mass is 16.3. The van der Waals surface area contributed by atoms with E-state index in [1.807, 2.05) is 6.92 Å². The smallest absolute Gasteiger partial charge is 0.271 e. The van der Waals surface area contributed by atoms with Gasteiger partial charge in [0.25, 0.3) is 11.8 Å². The van der Waals surface area contributed by atoms with Crippen molar-refractivity contribution in [3.8, 4) is 11.5 Å². The molecule has 0 radical (unpaired) electrons. The molecule has 0 aliphatic rings. The van der Waals surface area contributed by atoms with Crippen molar-refractivity contribution >= 4 is 17.5 Å². The summed E-state index contributed by atoms with van der Waals surface area (Å²) in [5.74, 6) is -0.512. The third-order valence-electron chi connectivity index (χ3n) is 3.84. The van der Waals surface area contributed by atoms with Crippen molar-refractivity contribution in [2.24, 2.45) is 5.73 Å². The lowest BCUT2D eigenvalue weighted by Crippen LogP contribution is -2.33. The first-order chi connectivity index (χ1) is 12.0. The third-order valence-corrected chi connectivity index (χ3v) is 3.84. The number of fused-ring (bicyclic) bond motifs is 1. The van der Waals surface area contributed by atoms with Crippen molar-refractivity contribution in [3.63, 3.8) is 0 Å². The Morgan fingerprint density at radius 2 is 2.24 bits per heavy atom. The molecule has 0 unspecified atom stereocenters. The van der Waals surface area contributed by atoms with Crippen LogP contribution < -0.4 is 11.1 Å². The number of hydrogen-bond acceptors (Lipinski definition) is 5. The molecular weight excluding hydrogens is 322 g/mol. The van der Waals surface area contributed by atoms with E-state index in [-0.39, 0.29) is 23.3 Å². The van der Waals surface area contributed by atoms with E-state index in [2.05, 4.69) is 22.2 Å². The van der Waals surface area contributed by atoms with E-state index in [9.17, 15) is 9.59 Å². The van der Waals surface area contributed by atoms with Gasteiger partial charge in [-0.2, -0.15) is 0 Å². The molecule has 8 nitrogen and oxygen atoms in total. The maximum atomic E-state index is 12.7. The molecule has 2 amide bonds. The number of nitrogens with one attached hydrogen (secondary N) is 1. The number of hydrogen-bond donors (Lipinski definition) is 2. The van der Waals surface area contributed by atoms with Crippen LogP contribution in [0.5, 0.6) is 0 Å². The van der Waals surface area contributed by atoms with Crippen molar-refractivity contribution in [2.75, 3.05) is 0 Å². The zero-order chi connectivity index (χ0) is 18.0. The molecule has 3 aromatic rings. The van der Waals surface area contributed by atoms with Crippen LogP contribution in [0.1, 0.15) is 47.7 Å². The van der Waals surface area contributed by atoms with Crippen LogP contribution in [-0.2, 0) is 0 Å². The zero-order valence-corrected chi connectivity index (χ0v) is 14.0. The Bertz CT molecular complexity index is 914. The lowest BCUT2D eigenvalue weighted by Gasteiger charge is -2.14. The van der Waals surface area contributed by atoms with E-state index in [1.54, 1.807) is 18.2 Å². The summed E-state index contributed by atoms with van der Waals surface area (Å²) in [6.07, 6.45) is 4.70. The summed E-state index contributed by atoms with van der Waals surface area (Å²) in [5.41, 5.74) is 6.31. The molecule has 8 heteroatoms. The second kappa shape index (κ2) is 6.76. The first-order valence-corrected chi connectivity index (χ1v) is 8.04. The van der Waals surface area contributed by atoms with E-state index in [4.69, 9.17) is 10.2 Å². The van der Waals surface area contributed by atoms with Crippen LogP contribution in [0.3, 0.4) is 0 Å². The van der Waals surface area contributed by atoms with Crippen LogP contribution in [-0.4, -0.2) is 32.2 Å². The van der Waals surface area contributed by atoms with Gasteiger partial charge in [-0.1, -0.05) is 13.3 Å². The van der Waals surface area contributed by atoms with E-state index in [0.717, 1.165) is 12.8 Å². The Morgan fingerprint density at radius 3 is 2.88 bits per heavy atom. The molecule has 0 aliphatic carbocycles. The van der Waals surface area contributed by atoms with Crippen LogP contribution in [0.4, 0.5) is 0 Å². The number of nitrogens with zero attached hydrogens (tertiary/aromatic N) is 3. The first kappa shape index (κ1) is 16.7. The molecule has 0 spiro atoms. The largest absolute Gasteiger partial charge is 0.463 e. The van der Waals surface area contributed by atoms with Crippen LogP contribution in [0.2, 0.25) is 0 Å². The SMILES string of the molecule is CCC[C@H](C)NC(=O)c1cc(-c2ccco2)nc2c(C(N)=O)ncn12. The third kappa shape index (κ3) is 3.23. The summed E-state index contributed by atoms with van der Waals surface area (Å²) in [4.78, 5) is 32.7. The lowest BCUT2D eigenvalue weighted by atomic mass is 10.2. The highest BCUT2D eigenvalue weighted by Gasteiger charge is 2.21. The summed E-state index contributed by atoms with van der Waals surface area (Å²) in [6.45, 7) is 3.99. The highest BCUT2D eigenvalue weighted by Crippen LogP contribution is 2.22. The minimum absolute atomic E-state index is 0.00376. The second-order valence-electron chi connectivity index (χ2n) is 5.82. The van der Waals surface area contributed by atoms with Gasteiger partial charge >= 0.3 is 0 Å². The van der Waals surface area contributed by atoms with Crippen LogP contribution in [0, 0.1) is 0 Å². The molecule has 0 saturated heterocycles. The van der Waals surface area contributed by atoms with Crippen molar-refractivity contribution in [1.29, 1.82) is 0 Å². The fraction of sp³-hybridized carbons (Fsp3) is 0.294. The van der Waals surface area contributed by atoms with Crippen molar-refractivity contribution in [3.05, 3.63) is 42.2 Å². The molecule has 1 atom stereocenters. The molecule has 130 valence electrons. The number of carbonyl (C=O) groups is 2. The Kier molecular flexibility index (Phi) is 4.51. The molecule has 3 rings (SSSR count). The van der Waals surface area contributed by atoms with Gasteiger partial charge in [0, 0.05) is 6.04 Å². The summed E-state index contributed by atoms with van der Waals surface area (Å²) >= 11 is 0. The average molecular weight is 341 g/mol.